The SMILES string of the molecule is CCNC(Cc1cncc(Br)c1)C(C)C(C)C. The van der Waals surface area contributed by atoms with Crippen LogP contribution in [-0.4, -0.2) is 17.6 Å². The van der Waals surface area contributed by atoms with Gasteiger partial charge in [0, 0.05) is 22.9 Å². The third-order valence-corrected chi connectivity index (χ3v) is 3.80. The molecule has 1 aromatic heterocycles. The van der Waals surface area contributed by atoms with E-state index in [1.807, 2.05) is 12.4 Å². The molecule has 1 aromatic rings. The van der Waals surface area contributed by atoms with Crippen molar-refractivity contribution in [3.63, 3.8) is 0 Å². The molecule has 0 aliphatic carbocycles. The molecule has 0 radical (unpaired) electrons. The monoisotopic (exact) mass is 298 g/mol. The molecule has 0 amide bonds. The van der Waals surface area contributed by atoms with E-state index in [1.165, 1.54) is 5.56 Å². The standard InChI is InChI=1S/C14H23BrN2/c1-5-17-14(11(4)10(2)3)7-12-6-13(15)9-16-8-12/h6,8-11,14,17H,5,7H2,1-4H3. The fourth-order valence-electron chi connectivity index (χ4n) is 1.99. The van der Waals surface area contributed by atoms with Crippen LogP contribution in [0.5, 0.6) is 0 Å². The molecule has 2 unspecified atom stereocenters. The highest BCUT2D eigenvalue weighted by atomic mass is 79.9. The second-order valence-corrected chi connectivity index (χ2v) is 5.90. The molecule has 0 saturated heterocycles. The summed E-state index contributed by atoms with van der Waals surface area (Å²) < 4.78 is 1.06. The highest BCUT2D eigenvalue weighted by Gasteiger charge is 2.19. The number of aromatic nitrogens is 1. The third kappa shape index (κ3) is 4.76. The number of hydrogen-bond acceptors (Lipinski definition) is 2. The molecule has 0 spiro atoms. The summed E-state index contributed by atoms with van der Waals surface area (Å²) in [5.74, 6) is 1.35. The van der Waals surface area contributed by atoms with Gasteiger partial charge in [-0.2, -0.15) is 0 Å². The van der Waals surface area contributed by atoms with Crippen molar-refractivity contribution < 1.29 is 0 Å². The molecule has 1 heterocycles. The number of halogens is 1. The Bertz CT molecular complexity index is 339. The number of hydrogen-bond donors (Lipinski definition) is 1. The Morgan fingerprint density at radius 3 is 2.53 bits per heavy atom. The van der Waals surface area contributed by atoms with Crippen LogP contribution in [0.1, 0.15) is 33.3 Å². The van der Waals surface area contributed by atoms with Gasteiger partial charge in [-0.3, -0.25) is 4.98 Å². The number of pyridine rings is 1. The molecule has 0 saturated carbocycles. The highest BCUT2D eigenvalue weighted by Crippen LogP contribution is 2.19. The first kappa shape index (κ1) is 14.7. The lowest BCUT2D eigenvalue weighted by Crippen LogP contribution is -2.39. The normalized spacial score (nSPS) is 14.9. The molecule has 0 fully saturated rings. The van der Waals surface area contributed by atoms with Gasteiger partial charge in [0.15, 0.2) is 0 Å². The largest absolute Gasteiger partial charge is 0.314 e. The molecule has 2 nitrogen and oxygen atoms in total. The van der Waals surface area contributed by atoms with Gasteiger partial charge in [0.2, 0.25) is 0 Å². The van der Waals surface area contributed by atoms with Crippen LogP contribution in [0.15, 0.2) is 22.9 Å². The van der Waals surface area contributed by atoms with Gasteiger partial charge in [0.05, 0.1) is 0 Å². The molecule has 1 N–H and O–H groups in total. The minimum absolute atomic E-state index is 0.524. The summed E-state index contributed by atoms with van der Waals surface area (Å²) in [5, 5.41) is 3.59. The van der Waals surface area contributed by atoms with Crippen LogP contribution in [-0.2, 0) is 6.42 Å². The van der Waals surface area contributed by atoms with E-state index in [0.29, 0.717) is 17.9 Å². The molecule has 0 aliphatic rings. The van der Waals surface area contributed by atoms with Gasteiger partial charge in [0.25, 0.3) is 0 Å². The van der Waals surface area contributed by atoms with Crippen molar-refractivity contribution in [1.29, 1.82) is 0 Å². The summed E-state index contributed by atoms with van der Waals surface area (Å²) in [5.41, 5.74) is 1.29. The zero-order valence-corrected chi connectivity index (χ0v) is 12.8. The van der Waals surface area contributed by atoms with E-state index in [9.17, 15) is 0 Å². The first-order valence-corrected chi connectivity index (χ1v) is 7.16. The number of rotatable bonds is 6. The minimum Gasteiger partial charge on any atom is -0.314 e. The summed E-state index contributed by atoms with van der Waals surface area (Å²) in [6.45, 7) is 10.1. The van der Waals surface area contributed by atoms with E-state index in [1.54, 1.807) is 0 Å². The van der Waals surface area contributed by atoms with E-state index in [-0.39, 0.29) is 0 Å². The van der Waals surface area contributed by atoms with Crippen LogP contribution in [0.4, 0.5) is 0 Å². The quantitative estimate of drug-likeness (QED) is 0.867. The summed E-state index contributed by atoms with van der Waals surface area (Å²) >= 11 is 3.47. The van der Waals surface area contributed by atoms with Crippen molar-refractivity contribution >= 4 is 15.9 Å². The summed E-state index contributed by atoms with van der Waals surface area (Å²) in [7, 11) is 0. The predicted molar refractivity (Wildman–Crippen MR) is 77.1 cm³/mol. The average molecular weight is 299 g/mol. The molecule has 0 aliphatic heterocycles. The van der Waals surface area contributed by atoms with Gasteiger partial charge in [0.1, 0.15) is 0 Å². The predicted octanol–water partition coefficient (Wildman–Crippen LogP) is 3.66. The van der Waals surface area contributed by atoms with Gasteiger partial charge in [-0.1, -0.05) is 27.7 Å². The van der Waals surface area contributed by atoms with E-state index in [0.717, 1.165) is 17.4 Å². The number of nitrogens with one attached hydrogen (secondary N) is 1. The molecule has 0 aromatic carbocycles. The van der Waals surface area contributed by atoms with Gasteiger partial charge in [-0.15, -0.1) is 0 Å². The van der Waals surface area contributed by atoms with E-state index < -0.39 is 0 Å². The Balaban J connectivity index is 2.72. The smallest absolute Gasteiger partial charge is 0.0410 e. The Morgan fingerprint density at radius 1 is 1.29 bits per heavy atom. The molecule has 3 heteroatoms. The maximum absolute atomic E-state index is 4.23. The molecular weight excluding hydrogens is 276 g/mol. The molecule has 2 atom stereocenters. The lowest BCUT2D eigenvalue weighted by atomic mass is 9.87. The van der Waals surface area contributed by atoms with Gasteiger partial charge < -0.3 is 5.32 Å². The van der Waals surface area contributed by atoms with Crippen LogP contribution < -0.4 is 5.32 Å². The summed E-state index contributed by atoms with van der Waals surface area (Å²) in [6.07, 6.45) is 4.83. The lowest BCUT2D eigenvalue weighted by molar-refractivity contribution is 0.300. The Morgan fingerprint density at radius 2 is 2.00 bits per heavy atom. The van der Waals surface area contributed by atoms with Gasteiger partial charge >= 0.3 is 0 Å². The Labute approximate surface area is 113 Å². The Kier molecular flexibility index (Phi) is 6.14. The Hall–Kier alpha value is -0.410. The van der Waals surface area contributed by atoms with Gasteiger partial charge in [-0.05, 0) is 52.4 Å². The van der Waals surface area contributed by atoms with Crippen molar-refractivity contribution in [2.45, 2.75) is 40.2 Å². The molecule has 17 heavy (non-hydrogen) atoms. The topological polar surface area (TPSA) is 24.9 Å². The van der Waals surface area contributed by atoms with Crippen LogP contribution in [0, 0.1) is 11.8 Å². The third-order valence-electron chi connectivity index (χ3n) is 3.37. The minimum atomic E-state index is 0.524. The second-order valence-electron chi connectivity index (χ2n) is 4.98. The molecule has 1 rings (SSSR count). The molecule has 96 valence electrons. The molecular formula is C14H23BrN2. The lowest BCUT2D eigenvalue weighted by Gasteiger charge is -2.27. The van der Waals surface area contributed by atoms with Crippen LogP contribution in [0.25, 0.3) is 0 Å². The summed E-state index contributed by atoms with van der Waals surface area (Å²) in [4.78, 5) is 4.23. The van der Waals surface area contributed by atoms with E-state index >= 15 is 0 Å². The zero-order chi connectivity index (χ0) is 12.8. The van der Waals surface area contributed by atoms with Crippen molar-refractivity contribution in [2.24, 2.45) is 11.8 Å². The average Bonchev–Trinajstić information content (AvgIpc) is 2.27. The highest BCUT2D eigenvalue weighted by molar-refractivity contribution is 9.10. The maximum atomic E-state index is 4.23. The van der Waals surface area contributed by atoms with Crippen LogP contribution in [0.2, 0.25) is 0 Å². The number of nitrogens with zero attached hydrogens (tertiary/aromatic N) is 1. The van der Waals surface area contributed by atoms with Crippen molar-refractivity contribution in [3.8, 4) is 0 Å². The van der Waals surface area contributed by atoms with Crippen LogP contribution >= 0.6 is 15.9 Å². The fourth-order valence-corrected chi connectivity index (χ4v) is 2.40. The summed E-state index contributed by atoms with van der Waals surface area (Å²) in [6, 6.07) is 2.68. The van der Waals surface area contributed by atoms with Gasteiger partial charge in [-0.25, -0.2) is 0 Å². The fraction of sp³-hybridized carbons (Fsp3) is 0.643. The van der Waals surface area contributed by atoms with Crippen molar-refractivity contribution in [2.75, 3.05) is 6.54 Å². The van der Waals surface area contributed by atoms with E-state index in [4.69, 9.17) is 0 Å². The number of likely N-dealkylation sites (N-methyl/N-ethyl adjacent to an activating group) is 1. The van der Waals surface area contributed by atoms with E-state index in [2.05, 4.69) is 60.0 Å². The maximum Gasteiger partial charge on any atom is 0.0410 e. The van der Waals surface area contributed by atoms with Crippen molar-refractivity contribution in [1.82, 2.24) is 10.3 Å². The first-order chi connectivity index (χ1) is 8.04. The molecule has 0 bridgehead atoms. The van der Waals surface area contributed by atoms with Crippen LogP contribution in [0.3, 0.4) is 0 Å². The zero-order valence-electron chi connectivity index (χ0n) is 11.2. The second kappa shape index (κ2) is 7.12. The first-order valence-electron chi connectivity index (χ1n) is 6.37. The van der Waals surface area contributed by atoms with Crippen molar-refractivity contribution in [3.05, 3.63) is 28.5 Å².